The number of rotatable bonds is 14. The zero-order valence-electron chi connectivity index (χ0n) is 14.8. The fourth-order valence-electron chi connectivity index (χ4n) is 3.04. The first-order valence-corrected chi connectivity index (χ1v) is 9.31. The number of unbranched alkanes of at least 4 members (excludes halogenated alkanes) is 5. The highest BCUT2D eigenvalue weighted by Crippen LogP contribution is 2.20. The van der Waals surface area contributed by atoms with E-state index in [1.807, 2.05) is 0 Å². The van der Waals surface area contributed by atoms with E-state index in [0.717, 1.165) is 11.8 Å². The van der Waals surface area contributed by atoms with Gasteiger partial charge in [0, 0.05) is 0 Å². The van der Waals surface area contributed by atoms with Gasteiger partial charge in [-0.1, -0.05) is 97.1 Å². The molecule has 0 aromatic carbocycles. The highest BCUT2D eigenvalue weighted by molar-refractivity contribution is 4.76. The van der Waals surface area contributed by atoms with Crippen molar-refractivity contribution in [2.24, 2.45) is 11.8 Å². The van der Waals surface area contributed by atoms with Gasteiger partial charge in [0.2, 0.25) is 0 Å². The van der Waals surface area contributed by atoms with Crippen molar-refractivity contribution in [3.63, 3.8) is 0 Å². The third-order valence-corrected chi connectivity index (χ3v) is 4.48. The van der Waals surface area contributed by atoms with Gasteiger partial charge in [-0.05, 0) is 31.6 Å². The molecule has 0 heterocycles. The summed E-state index contributed by atoms with van der Waals surface area (Å²) in [7, 11) is 0. The Morgan fingerprint density at radius 2 is 1.20 bits per heavy atom. The molecule has 0 N–H and O–H groups in total. The fourth-order valence-corrected chi connectivity index (χ4v) is 3.04. The maximum absolute atomic E-state index is 2.45. The Labute approximate surface area is 129 Å². The molecular formula is C20H40. The van der Waals surface area contributed by atoms with Crippen LogP contribution in [0.1, 0.15) is 105 Å². The van der Waals surface area contributed by atoms with Crippen LogP contribution in [0.3, 0.4) is 0 Å². The molecule has 0 nitrogen and oxygen atoms in total. The molecule has 0 aliphatic carbocycles. The number of hydrogen-bond acceptors (Lipinski definition) is 0. The Balaban J connectivity index is 3.26. The smallest absolute Gasteiger partial charge is 0.0351 e. The lowest BCUT2D eigenvalue weighted by Crippen LogP contribution is -1.97. The van der Waals surface area contributed by atoms with E-state index in [1.165, 1.54) is 77.0 Å². The van der Waals surface area contributed by atoms with Crippen LogP contribution in [-0.4, -0.2) is 0 Å². The van der Waals surface area contributed by atoms with Crippen molar-refractivity contribution < 1.29 is 0 Å². The lowest BCUT2D eigenvalue weighted by Gasteiger charge is -2.13. The summed E-state index contributed by atoms with van der Waals surface area (Å²) in [6, 6.07) is 0. The van der Waals surface area contributed by atoms with E-state index < -0.39 is 0 Å². The van der Waals surface area contributed by atoms with Gasteiger partial charge >= 0.3 is 0 Å². The molecule has 0 amide bonds. The van der Waals surface area contributed by atoms with Crippen molar-refractivity contribution in [1.82, 2.24) is 0 Å². The Bertz CT molecular complexity index is 204. The van der Waals surface area contributed by atoms with Crippen LogP contribution in [-0.2, 0) is 0 Å². The topological polar surface area (TPSA) is 0 Å². The monoisotopic (exact) mass is 280 g/mol. The molecule has 0 fully saturated rings. The van der Waals surface area contributed by atoms with Gasteiger partial charge in [0.05, 0.1) is 0 Å². The van der Waals surface area contributed by atoms with Crippen molar-refractivity contribution >= 4 is 0 Å². The van der Waals surface area contributed by atoms with Gasteiger partial charge < -0.3 is 0 Å². The van der Waals surface area contributed by atoms with Crippen LogP contribution in [0.2, 0.25) is 0 Å². The third-order valence-electron chi connectivity index (χ3n) is 4.48. The summed E-state index contributed by atoms with van der Waals surface area (Å²) in [6.45, 7) is 9.29. The van der Waals surface area contributed by atoms with E-state index >= 15 is 0 Å². The minimum atomic E-state index is 0.951. The molecule has 0 aliphatic rings. The van der Waals surface area contributed by atoms with Crippen LogP contribution in [0.25, 0.3) is 0 Å². The Morgan fingerprint density at radius 3 is 1.75 bits per heavy atom. The summed E-state index contributed by atoms with van der Waals surface area (Å²) in [5.41, 5.74) is 0. The predicted octanol–water partition coefficient (Wildman–Crippen LogP) is 7.54. The average Bonchev–Trinajstić information content (AvgIpc) is 2.43. The standard InChI is InChI=1S/C20H40/c1-5-7-8-9-10-11-12-16-20(4)18-14-13-17-19(3)15-6-2/h5,7,19-20H,6,8-18H2,1-4H3/b7-5+. The van der Waals surface area contributed by atoms with Crippen molar-refractivity contribution in [3.8, 4) is 0 Å². The van der Waals surface area contributed by atoms with Crippen molar-refractivity contribution in [1.29, 1.82) is 0 Å². The van der Waals surface area contributed by atoms with Gasteiger partial charge in [0.15, 0.2) is 0 Å². The Kier molecular flexibility index (Phi) is 14.9. The first-order valence-electron chi connectivity index (χ1n) is 9.31. The normalized spacial score (nSPS) is 14.8. The quantitative estimate of drug-likeness (QED) is 0.228. The molecule has 0 rings (SSSR count). The third kappa shape index (κ3) is 14.2. The van der Waals surface area contributed by atoms with E-state index in [-0.39, 0.29) is 0 Å². The summed E-state index contributed by atoms with van der Waals surface area (Å²) in [5.74, 6) is 1.90. The summed E-state index contributed by atoms with van der Waals surface area (Å²) in [4.78, 5) is 0. The molecule has 0 saturated carbocycles. The van der Waals surface area contributed by atoms with E-state index in [4.69, 9.17) is 0 Å². The van der Waals surface area contributed by atoms with Gasteiger partial charge in [0.25, 0.3) is 0 Å². The second-order valence-electron chi connectivity index (χ2n) is 6.84. The molecule has 0 aromatic rings. The van der Waals surface area contributed by atoms with Crippen molar-refractivity contribution in [2.75, 3.05) is 0 Å². The van der Waals surface area contributed by atoms with Crippen LogP contribution >= 0.6 is 0 Å². The molecule has 2 atom stereocenters. The van der Waals surface area contributed by atoms with E-state index in [0.29, 0.717) is 0 Å². The van der Waals surface area contributed by atoms with Gasteiger partial charge in [-0.15, -0.1) is 0 Å². The lowest BCUT2D eigenvalue weighted by atomic mass is 9.94. The van der Waals surface area contributed by atoms with Crippen molar-refractivity contribution in [2.45, 2.75) is 105 Å². The fraction of sp³-hybridized carbons (Fsp3) is 0.900. The second kappa shape index (κ2) is 15.1. The molecule has 0 spiro atoms. The molecule has 0 radical (unpaired) electrons. The maximum Gasteiger partial charge on any atom is -0.0351 e. The number of hydrogen-bond donors (Lipinski definition) is 0. The largest absolute Gasteiger partial charge is 0.0917 e. The van der Waals surface area contributed by atoms with Crippen LogP contribution in [0.4, 0.5) is 0 Å². The van der Waals surface area contributed by atoms with Gasteiger partial charge in [-0.3, -0.25) is 0 Å². The zero-order valence-corrected chi connectivity index (χ0v) is 14.8. The van der Waals surface area contributed by atoms with Crippen molar-refractivity contribution in [3.05, 3.63) is 12.2 Å². The molecule has 120 valence electrons. The minimum Gasteiger partial charge on any atom is -0.0917 e. The highest BCUT2D eigenvalue weighted by atomic mass is 14.1. The molecule has 0 bridgehead atoms. The summed E-state index contributed by atoms with van der Waals surface area (Å²) in [5, 5.41) is 0. The first kappa shape index (κ1) is 19.7. The van der Waals surface area contributed by atoms with Gasteiger partial charge in [-0.2, -0.15) is 0 Å². The minimum absolute atomic E-state index is 0.951. The van der Waals surface area contributed by atoms with E-state index in [2.05, 4.69) is 39.8 Å². The van der Waals surface area contributed by atoms with Gasteiger partial charge in [0.1, 0.15) is 0 Å². The van der Waals surface area contributed by atoms with Crippen LogP contribution in [0, 0.1) is 11.8 Å². The summed E-state index contributed by atoms with van der Waals surface area (Å²) >= 11 is 0. The molecule has 0 aliphatic heterocycles. The summed E-state index contributed by atoms with van der Waals surface area (Å²) in [6.07, 6.45) is 21.5. The van der Waals surface area contributed by atoms with E-state index in [9.17, 15) is 0 Å². The molecule has 0 aromatic heterocycles. The average molecular weight is 281 g/mol. The zero-order chi connectivity index (χ0) is 15.1. The molecule has 0 saturated heterocycles. The predicted molar refractivity (Wildman–Crippen MR) is 94.2 cm³/mol. The highest BCUT2D eigenvalue weighted by Gasteiger charge is 2.04. The SMILES string of the molecule is C/C=C/CCCCCCC(C)CCCCC(C)CCC. The lowest BCUT2D eigenvalue weighted by molar-refractivity contribution is 0.408. The summed E-state index contributed by atoms with van der Waals surface area (Å²) < 4.78 is 0. The molecular weight excluding hydrogens is 240 g/mol. The molecule has 0 heteroatoms. The second-order valence-corrected chi connectivity index (χ2v) is 6.84. The Hall–Kier alpha value is -0.260. The molecule has 2 unspecified atom stereocenters. The molecule has 20 heavy (non-hydrogen) atoms. The van der Waals surface area contributed by atoms with Crippen LogP contribution in [0.5, 0.6) is 0 Å². The maximum atomic E-state index is 2.45. The van der Waals surface area contributed by atoms with E-state index in [1.54, 1.807) is 0 Å². The Morgan fingerprint density at radius 1 is 0.700 bits per heavy atom. The number of allylic oxidation sites excluding steroid dienone is 2. The van der Waals surface area contributed by atoms with Gasteiger partial charge in [-0.25, -0.2) is 0 Å². The van der Waals surface area contributed by atoms with Crippen LogP contribution in [0.15, 0.2) is 12.2 Å². The van der Waals surface area contributed by atoms with Crippen LogP contribution < -0.4 is 0 Å². The first-order chi connectivity index (χ1) is 9.70.